The Bertz CT molecular complexity index is 3770. The number of nitrogens with zero attached hydrogens (tertiary/aromatic N) is 3. The molecule has 0 atom stereocenters. The van der Waals surface area contributed by atoms with Crippen LogP contribution < -0.4 is 0 Å². The summed E-state index contributed by atoms with van der Waals surface area (Å²) in [5.74, 6) is 0. The zero-order valence-electron chi connectivity index (χ0n) is 31.3. The van der Waals surface area contributed by atoms with Gasteiger partial charge in [0.25, 0.3) is 0 Å². The van der Waals surface area contributed by atoms with Crippen molar-refractivity contribution in [1.82, 2.24) is 13.7 Å². The molecule has 0 radical (unpaired) electrons. The fourth-order valence-electron chi connectivity index (χ4n) is 9.71. The third kappa shape index (κ3) is 4.34. The van der Waals surface area contributed by atoms with Gasteiger partial charge in [-0.15, -0.1) is 0 Å². The van der Waals surface area contributed by atoms with Gasteiger partial charge in [-0.25, -0.2) is 0 Å². The Labute approximate surface area is 332 Å². The highest BCUT2D eigenvalue weighted by Gasteiger charge is 2.22. The van der Waals surface area contributed by atoms with Crippen molar-refractivity contribution in [3.05, 3.63) is 200 Å². The maximum absolute atomic E-state index is 6.44. The monoisotopic (exact) mass is 739 g/mol. The molecule has 0 fully saturated rings. The average molecular weight is 740 g/mol. The van der Waals surface area contributed by atoms with Gasteiger partial charge in [0.1, 0.15) is 11.2 Å². The SMILES string of the molecule is c1ccc(-n2c3ccc(-c4ccc5c6c(ccc7c8ccccc8n(-c8ccccc8)c76)n(-c6ccccc6)c5c4)cc3c3cc4oc5ccccc5c4cc32)cc1. The van der Waals surface area contributed by atoms with Crippen molar-refractivity contribution in [1.29, 1.82) is 0 Å². The van der Waals surface area contributed by atoms with Crippen LogP contribution in [0, 0.1) is 0 Å². The Balaban J connectivity index is 1.10. The number of fused-ring (bicyclic) bond motifs is 13. The molecule has 0 saturated heterocycles. The molecule has 58 heavy (non-hydrogen) atoms. The van der Waals surface area contributed by atoms with Crippen LogP contribution in [0.3, 0.4) is 0 Å². The second-order valence-corrected chi connectivity index (χ2v) is 15.3. The first-order valence-corrected chi connectivity index (χ1v) is 19.8. The highest BCUT2D eigenvalue weighted by molar-refractivity contribution is 6.26. The van der Waals surface area contributed by atoms with Crippen molar-refractivity contribution in [2.75, 3.05) is 0 Å². The third-order valence-corrected chi connectivity index (χ3v) is 12.2. The van der Waals surface area contributed by atoms with E-state index >= 15 is 0 Å². The first kappa shape index (κ1) is 31.4. The van der Waals surface area contributed by atoms with Gasteiger partial charge < -0.3 is 18.1 Å². The Morgan fingerprint density at radius 2 is 0.810 bits per heavy atom. The van der Waals surface area contributed by atoms with Gasteiger partial charge in [-0.3, -0.25) is 0 Å². The summed E-state index contributed by atoms with van der Waals surface area (Å²) in [6, 6.07) is 72.5. The Morgan fingerprint density at radius 3 is 1.57 bits per heavy atom. The molecule has 0 amide bonds. The van der Waals surface area contributed by atoms with E-state index in [1.807, 2.05) is 6.07 Å². The van der Waals surface area contributed by atoms with Crippen LogP contribution in [0.5, 0.6) is 0 Å². The quantitative estimate of drug-likeness (QED) is 0.177. The summed E-state index contributed by atoms with van der Waals surface area (Å²) in [7, 11) is 0. The Morgan fingerprint density at radius 1 is 0.276 bits per heavy atom. The van der Waals surface area contributed by atoms with E-state index in [0.29, 0.717) is 0 Å². The molecule has 0 aliphatic carbocycles. The lowest BCUT2D eigenvalue weighted by atomic mass is 10.0. The second-order valence-electron chi connectivity index (χ2n) is 15.3. The van der Waals surface area contributed by atoms with Crippen LogP contribution >= 0.6 is 0 Å². The van der Waals surface area contributed by atoms with Gasteiger partial charge in [-0.2, -0.15) is 0 Å². The van der Waals surface area contributed by atoms with Crippen LogP contribution in [-0.4, -0.2) is 13.7 Å². The highest BCUT2D eigenvalue weighted by atomic mass is 16.3. The van der Waals surface area contributed by atoms with E-state index in [0.717, 1.165) is 50.0 Å². The molecule has 4 heteroatoms. The van der Waals surface area contributed by atoms with Gasteiger partial charge in [-0.1, -0.05) is 115 Å². The smallest absolute Gasteiger partial charge is 0.136 e. The predicted octanol–water partition coefficient (Wildman–Crippen LogP) is 14.5. The number of benzene rings is 9. The number of aromatic nitrogens is 3. The standard InChI is InChI=1S/C54H33N3O/c1-4-14-36(15-5-1)55-47-28-25-34(30-43(47)44-33-52-45(32-50(44)55)40-21-11-13-23-51(40)58-52)35-24-26-42-49(31-35)56(37-16-6-2-7-17-37)48-29-27-41-39-20-10-12-22-46(39)57(54(41)53(42)48)38-18-8-3-9-19-38/h1-33H. The molecule has 13 aromatic rings. The minimum atomic E-state index is 0.902. The van der Waals surface area contributed by atoms with Crippen LogP contribution in [0.1, 0.15) is 0 Å². The van der Waals surface area contributed by atoms with Crippen LogP contribution in [-0.2, 0) is 0 Å². The van der Waals surface area contributed by atoms with Crippen molar-refractivity contribution in [2.45, 2.75) is 0 Å². The minimum absolute atomic E-state index is 0.902. The number of para-hydroxylation sites is 5. The Hall–Kier alpha value is -7.82. The molecule has 0 bridgehead atoms. The first-order valence-electron chi connectivity index (χ1n) is 19.8. The fraction of sp³-hybridized carbons (Fsp3) is 0. The van der Waals surface area contributed by atoms with Crippen molar-refractivity contribution >= 4 is 87.4 Å². The first-order chi connectivity index (χ1) is 28.8. The third-order valence-electron chi connectivity index (χ3n) is 12.2. The van der Waals surface area contributed by atoms with E-state index in [-0.39, 0.29) is 0 Å². The lowest BCUT2D eigenvalue weighted by Gasteiger charge is -2.10. The highest BCUT2D eigenvalue weighted by Crippen LogP contribution is 2.44. The second kappa shape index (κ2) is 11.8. The molecular formula is C54H33N3O. The summed E-state index contributed by atoms with van der Waals surface area (Å²) in [5.41, 5.74) is 14.7. The van der Waals surface area contributed by atoms with Gasteiger partial charge in [0.2, 0.25) is 0 Å². The van der Waals surface area contributed by atoms with Crippen molar-refractivity contribution < 1.29 is 4.42 Å². The van der Waals surface area contributed by atoms with Gasteiger partial charge in [0.15, 0.2) is 0 Å². The van der Waals surface area contributed by atoms with Crippen LogP contribution in [0.15, 0.2) is 205 Å². The van der Waals surface area contributed by atoms with Crippen LogP contribution in [0.25, 0.3) is 116 Å². The fourth-order valence-corrected chi connectivity index (χ4v) is 9.71. The normalized spacial score (nSPS) is 12.1. The van der Waals surface area contributed by atoms with Gasteiger partial charge in [0, 0.05) is 60.2 Å². The predicted molar refractivity (Wildman–Crippen MR) is 242 cm³/mol. The average Bonchev–Trinajstić information content (AvgIpc) is 4.02. The summed E-state index contributed by atoms with van der Waals surface area (Å²) in [4.78, 5) is 0. The van der Waals surface area contributed by atoms with E-state index in [4.69, 9.17) is 4.42 Å². The molecule has 9 aromatic carbocycles. The molecule has 0 aliphatic heterocycles. The lowest BCUT2D eigenvalue weighted by Crippen LogP contribution is -1.95. The molecule has 0 N–H and O–H groups in total. The number of hydrogen-bond acceptors (Lipinski definition) is 1. The van der Waals surface area contributed by atoms with E-state index in [1.54, 1.807) is 0 Å². The van der Waals surface area contributed by atoms with E-state index in [2.05, 4.69) is 208 Å². The molecule has 0 spiro atoms. The number of furan rings is 1. The van der Waals surface area contributed by atoms with Gasteiger partial charge in [0.05, 0.1) is 33.1 Å². The lowest BCUT2D eigenvalue weighted by molar-refractivity contribution is 0.669. The van der Waals surface area contributed by atoms with Crippen molar-refractivity contribution in [2.24, 2.45) is 0 Å². The Kier molecular flexibility index (Phi) is 6.41. The van der Waals surface area contributed by atoms with E-state index in [1.165, 1.54) is 65.5 Å². The summed E-state index contributed by atoms with van der Waals surface area (Å²) < 4.78 is 13.7. The maximum atomic E-state index is 6.44. The molecule has 0 aliphatic rings. The maximum Gasteiger partial charge on any atom is 0.136 e. The summed E-state index contributed by atoms with van der Waals surface area (Å²) >= 11 is 0. The van der Waals surface area contributed by atoms with Crippen molar-refractivity contribution in [3.8, 4) is 28.2 Å². The summed E-state index contributed by atoms with van der Waals surface area (Å²) in [6.07, 6.45) is 0. The largest absolute Gasteiger partial charge is 0.456 e. The minimum Gasteiger partial charge on any atom is -0.456 e. The number of hydrogen-bond donors (Lipinski definition) is 0. The van der Waals surface area contributed by atoms with Gasteiger partial charge >= 0.3 is 0 Å². The molecular weight excluding hydrogens is 707 g/mol. The molecule has 0 unspecified atom stereocenters. The topological polar surface area (TPSA) is 27.9 Å². The summed E-state index contributed by atoms with van der Waals surface area (Å²) in [6.45, 7) is 0. The molecule has 4 aromatic heterocycles. The molecule has 4 heterocycles. The van der Waals surface area contributed by atoms with Crippen LogP contribution in [0.4, 0.5) is 0 Å². The molecule has 0 saturated carbocycles. The zero-order chi connectivity index (χ0) is 37.9. The van der Waals surface area contributed by atoms with Gasteiger partial charge in [-0.05, 0) is 96.1 Å². The van der Waals surface area contributed by atoms with Crippen molar-refractivity contribution in [3.63, 3.8) is 0 Å². The number of rotatable bonds is 4. The summed E-state index contributed by atoms with van der Waals surface area (Å²) in [5, 5.41) is 9.60. The van der Waals surface area contributed by atoms with E-state index in [9.17, 15) is 0 Å². The van der Waals surface area contributed by atoms with E-state index < -0.39 is 0 Å². The molecule has 13 rings (SSSR count). The zero-order valence-corrected chi connectivity index (χ0v) is 31.3. The molecule has 270 valence electrons. The van der Waals surface area contributed by atoms with Crippen LogP contribution in [0.2, 0.25) is 0 Å². The molecule has 4 nitrogen and oxygen atoms in total.